The fraction of sp³-hybridized carbons (Fsp3) is 0.786. The van der Waals surface area contributed by atoms with Gasteiger partial charge < -0.3 is 10.5 Å². The number of hydrogen-bond acceptors (Lipinski definition) is 3. The number of ether oxygens (including phenoxy) is 1. The molecule has 4 nitrogen and oxygen atoms in total. The fourth-order valence-electron chi connectivity index (χ4n) is 2.68. The van der Waals surface area contributed by atoms with E-state index >= 15 is 0 Å². The first-order valence-corrected chi connectivity index (χ1v) is 7.06. The van der Waals surface area contributed by atoms with Crippen LogP contribution in [0.15, 0.2) is 12.4 Å². The largest absolute Gasteiger partial charge is 0.369 e. The number of hydrogen-bond donors (Lipinski definition) is 1. The summed E-state index contributed by atoms with van der Waals surface area (Å²) < 4.78 is 8.06. The van der Waals surface area contributed by atoms with E-state index in [4.69, 9.17) is 10.5 Å². The van der Waals surface area contributed by atoms with Gasteiger partial charge in [0.15, 0.2) is 0 Å². The highest BCUT2D eigenvalue weighted by atomic mass is 16.5. The first-order valence-electron chi connectivity index (χ1n) is 7.06. The maximum atomic E-state index is 6.25. The monoisotopic (exact) mass is 251 g/mol. The number of aromatic nitrogens is 2. The lowest BCUT2D eigenvalue weighted by Gasteiger charge is -2.26. The van der Waals surface area contributed by atoms with E-state index in [0.717, 1.165) is 5.56 Å². The van der Waals surface area contributed by atoms with Crippen LogP contribution >= 0.6 is 0 Å². The van der Waals surface area contributed by atoms with E-state index < -0.39 is 0 Å². The third kappa shape index (κ3) is 3.56. The normalized spacial score (nSPS) is 21.5. The molecule has 0 radical (unpaired) electrons. The minimum absolute atomic E-state index is 0.00236. The van der Waals surface area contributed by atoms with Gasteiger partial charge in [0.1, 0.15) is 6.10 Å². The van der Waals surface area contributed by atoms with Crippen molar-refractivity contribution in [2.75, 3.05) is 0 Å². The van der Waals surface area contributed by atoms with E-state index in [1.165, 1.54) is 38.5 Å². The van der Waals surface area contributed by atoms with Gasteiger partial charge in [0.2, 0.25) is 0 Å². The predicted octanol–water partition coefficient (Wildman–Crippen LogP) is 2.55. The highest BCUT2D eigenvalue weighted by Crippen LogP contribution is 2.27. The standard InChI is InChI=1S/C14H25N3O/c1-11(15)14(12-9-16-17(2)10-12)18-13-7-5-3-4-6-8-13/h9-11,13-14H,3-8,15H2,1-2H3. The topological polar surface area (TPSA) is 53.1 Å². The summed E-state index contributed by atoms with van der Waals surface area (Å²) in [6.07, 6.45) is 11.8. The smallest absolute Gasteiger partial charge is 0.101 e. The molecule has 0 spiro atoms. The second-order valence-electron chi connectivity index (χ2n) is 5.48. The second-order valence-corrected chi connectivity index (χ2v) is 5.48. The predicted molar refractivity (Wildman–Crippen MR) is 72.2 cm³/mol. The average molecular weight is 251 g/mol. The quantitative estimate of drug-likeness (QED) is 0.837. The number of rotatable bonds is 4. The molecule has 1 fully saturated rings. The van der Waals surface area contributed by atoms with Crippen LogP contribution in [0.4, 0.5) is 0 Å². The molecule has 2 N–H and O–H groups in total. The minimum Gasteiger partial charge on any atom is -0.369 e. The summed E-state index contributed by atoms with van der Waals surface area (Å²) in [4.78, 5) is 0. The van der Waals surface area contributed by atoms with Crippen LogP contribution < -0.4 is 5.73 Å². The highest BCUT2D eigenvalue weighted by molar-refractivity contribution is 5.10. The zero-order valence-corrected chi connectivity index (χ0v) is 11.5. The summed E-state index contributed by atoms with van der Waals surface area (Å²) in [5.41, 5.74) is 7.17. The Labute approximate surface area is 110 Å². The molecule has 0 aromatic carbocycles. The summed E-state index contributed by atoms with van der Waals surface area (Å²) in [7, 11) is 1.92. The Morgan fingerprint density at radius 3 is 2.50 bits per heavy atom. The second kappa shape index (κ2) is 6.34. The molecule has 0 amide bonds. The van der Waals surface area contributed by atoms with E-state index in [-0.39, 0.29) is 12.1 Å². The van der Waals surface area contributed by atoms with Crippen LogP contribution in [0.5, 0.6) is 0 Å². The van der Waals surface area contributed by atoms with Crippen LogP contribution in [0.1, 0.15) is 57.1 Å². The molecule has 0 saturated heterocycles. The molecule has 1 aliphatic carbocycles. The van der Waals surface area contributed by atoms with Crippen LogP contribution in [0.25, 0.3) is 0 Å². The maximum absolute atomic E-state index is 6.25. The van der Waals surface area contributed by atoms with Gasteiger partial charge >= 0.3 is 0 Å². The Morgan fingerprint density at radius 1 is 1.33 bits per heavy atom. The van der Waals surface area contributed by atoms with Crippen molar-refractivity contribution in [1.82, 2.24) is 9.78 Å². The van der Waals surface area contributed by atoms with Crippen molar-refractivity contribution in [3.8, 4) is 0 Å². The molecule has 4 heteroatoms. The lowest BCUT2D eigenvalue weighted by atomic mass is 10.1. The molecule has 2 unspecified atom stereocenters. The van der Waals surface area contributed by atoms with Crippen molar-refractivity contribution in [3.05, 3.63) is 18.0 Å². The van der Waals surface area contributed by atoms with E-state index in [1.807, 2.05) is 26.4 Å². The highest BCUT2D eigenvalue weighted by Gasteiger charge is 2.23. The molecule has 1 aliphatic rings. The van der Waals surface area contributed by atoms with Crippen molar-refractivity contribution in [2.24, 2.45) is 12.8 Å². The molecule has 0 aliphatic heterocycles. The molecule has 2 rings (SSSR count). The Morgan fingerprint density at radius 2 is 2.00 bits per heavy atom. The molecule has 1 heterocycles. The van der Waals surface area contributed by atoms with Gasteiger partial charge in [0, 0.05) is 24.8 Å². The minimum atomic E-state index is -0.0261. The van der Waals surface area contributed by atoms with Crippen LogP contribution in [0.3, 0.4) is 0 Å². The average Bonchev–Trinajstić information content (AvgIpc) is 2.61. The Bertz CT molecular complexity index is 354. The van der Waals surface area contributed by atoms with Gasteiger partial charge in [0.25, 0.3) is 0 Å². The van der Waals surface area contributed by atoms with Crippen molar-refractivity contribution in [2.45, 2.75) is 63.7 Å². The zero-order valence-electron chi connectivity index (χ0n) is 11.5. The summed E-state index contributed by atoms with van der Waals surface area (Å²) >= 11 is 0. The third-order valence-corrected chi connectivity index (χ3v) is 3.67. The van der Waals surface area contributed by atoms with Gasteiger partial charge in [-0.25, -0.2) is 0 Å². The molecular weight excluding hydrogens is 226 g/mol. The first-order chi connectivity index (χ1) is 8.66. The molecule has 18 heavy (non-hydrogen) atoms. The van der Waals surface area contributed by atoms with Crippen molar-refractivity contribution in [3.63, 3.8) is 0 Å². The van der Waals surface area contributed by atoms with Gasteiger partial charge in [-0.15, -0.1) is 0 Å². The fourth-order valence-corrected chi connectivity index (χ4v) is 2.68. The van der Waals surface area contributed by atoms with Crippen molar-refractivity contribution < 1.29 is 4.74 Å². The van der Waals surface area contributed by atoms with Crippen molar-refractivity contribution >= 4 is 0 Å². The zero-order chi connectivity index (χ0) is 13.0. The summed E-state index contributed by atoms with van der Waals surface area (Å²) in [5, 5.41) is 4.21. The number of nitrogens with two attached hydrogens (primary N) is 1. The maximum Gasteiger partial charge on any atom is 0.101 e. The van der Waals surface area contributed by atoms with E-state index in [0.29, 0.717) is 6.10 Å². The SMILES string of the molecule is CC(N)C(OC1CCCCCC1)c1cnn(C)c1. The Balaban J connectivity index is 2.01. The Hall–Kier alpha value is -0.870. The Kier molecular flexibility index (Phi) is 4.78. The molecule has 0 bridgehead atoms. The van der Waals surface area contributed by atoms with Crippen LogP contribution in [0.2, 0.25) is 0 Å². The van der Waals surface area contributed by atoms with Crippen LogP contribution in [0, 0.1) is 0 Å². The molecule has 1 saturated carbocycles. The molecule has 1 aromatic heterocycles. The van der Waals surface area contributed by atoms with Crippen LogP contribution in [-0.4, -0.2) is 21.9 Å². The molecule has 1 aromatic rings. The lowest BCUT2D eigenvalue weighted by molar-refractivity contribution is -0.0309. The lowest BCUT2D eigenvalue weighted by Crippen LogP contribution is -2.30. The van der Waals surface area contributed by atoms with Gasteiger partial charge in [-0.2, -0.15) is 5.10 Å². The third-order valence-electron chi connectivity index (χ3n) is 3.67. The van der Waals surface area contributed by atoms with Gasteiger partial charge in [0.05, 0.1) is 12.3 Å². The molecule has 2 atom stereocenters. The first kappa shape index (κ1) is 13.6. The van der Waals surface area contributed by atoms with E-state index in [2.05, 4.69) is 5.10 Å². The van der Waals surface area contributed by atoms with E-state index in [9.17, 15) is 0 Å². The number of aryl methyl sites for hydroxylation is 1. The van der Waals surface area contributed by atoms with Gasteiger partial charge in [-0.1, -0.05) is 25.7 Å². The van der Waals surface area contributed by atoms with E-state index in [1.54, 1.807) is 4.68 Å². The summed E-state index contributed by atoms with van der Waals surface area (Å²) in [6.45, 7) is 2.01. The molecule has 102 valence electrons. The number of nitrogens with zero attached hydrogens (tertiary/aromatic N) is 2. The van der Waals surface area contributed by atoms with Crippen LogP contribution in [-0.2, 0) is 11.8 Å². The molecular formula is C14H25N3O. The summed E-state index contributed by atoms with van der Waals surface area (Å²) in [5.74, 6) is 0. The summed E-state index contributed by atoms with van der Waals surface area (Å²) in [6, 6.07) is -0.00236. The van der Waals surface area contributed by atoms with Gasteiger partial charge in [-0.05, 0) is 19.8 Å². The van der Waals surface area contributed by atoms with Crippen molar-refractivity contribution in [1.29, 1.82) is 0 Å². The van der Waals surface area contributed by atoms with Gasteiger partial charge in [-0.3, -0.25) is 4.68 Å².